The molecule has 0 aromatic heterocycles. The summed E-state index contributed by atoms with van der Waals surface area (Å²) >= 11 is 0. The molecule has 0 aromatic carbocycles. The largest absolute Gasteiger partial charge is 0.377 e. The van der Waals surface area contributed by atoms with Gasteiger partial charge in [-0.15, -0.1) is 0 Å². The van der Waals surface area contributed by atoms with Gasteiger partial charge in [-0.05, 0) is 12.8 Å². The molecule has 0 unspecified atom stereocenters. The van der Waals surface area contributed by atoms with Crippen LogP contribution >= 0.6 is 10.7 Å². The van der Waals surface area contributed by atoms with E-state index >= 15 is 0 Å². The lowest BCUT2D eigenvalue weighted by Crippen LogP contribution is -2.37. The summed E-state index contributed by atoms with van der Waals surface area (Å²) in [5, 5.41) is 0. The van der Waals surface area contributed by atoms with Crippen molar-refractivity contribution < 1.29 is 13.2 Å². The van der Waals surface area contributed by atoms with Crippen molar-refractivity contribution in [1.29, 1.82) is 0 Å². The Kier molecular flexibility index (Phi) is 4.22. The number of ether oxygens (including phenoxy) is 1. The fourth-order valence-electron chi connectivity index (χ4n) is 2.09. The predicted octanol–water partition coefficient (Wildman–Crippen LogP) is 2.29. The van der Waals surface area contributed by atoms with Gasteiger partial charge >= 0.3 is 0 Å². The first-order valence-corrected chi connectivity index (χ1v) is 7.43. The van der Waals surface area contributed by atoms with Gasteiger partial charge in [0.05, 0.1) is 11.4 Å². The van der Waals surface area contributed by atoms with Gasteiger partial charge in [0.1, 0.15) is 0 Å². The van der Waals surface area contributed by atoms with Gasteiger partial charge in [-0.3, -0.25) is 0 Å². The Balaban J connectivity index is 2.72. The highest BCUT2D eigenvalue weighted by atomic mass is 35.7. The molecule has 0 heterocycles. The molecule has 84 valence electrons. The van der Waals surface area contributed by atoms with Gasteiger partial charge in [-0.25, -0.2) is 8.42 Å². The summed E-state index contributed by atoms with van der Waals surface area (Å²) in [4.78, 5) is 0. The predicted molar refractivity (Wildman–Crippen MR) is 57.1 cm³/mol. The smallest absolute Gasteiger partial charge is 0.235 e. The standard InChI is InChI=1S/C9H17ClO3S/c1-13-9(8-14(10,11)12)6-4-2-3-5-7-9/h2-8H2,1H3. The maximum atomic E-state index is 11.1. The average Bonchev–Trinajstić information content (AvgIpc) is 2.28. The normalized spacial score (nSPS) is 23.0. The number of hydrogen-bond donors (Lipinski definition) is 0. The Morgan fingerprint density at radius 3 is 2.07 bits per heavy atom. The van der Waals surface area contributed by atoms with Crippen LogP contribution in [0.3, 0.4) is 0 Å². The molecule has 0 N–H and O–H groups in total. The molecule has 3 nitrogen and oxygen atoms in total. The summed E-state index contributed by atoms with van der Waals surface area (Å²) in [5.41, 5.74) is -0.531. The highest BCUT2D eigenvalue weighted by Gasteiger charge is 2.35. The monoisotopic (exact) mass is 240 g/mol. The third-order valence-electron chi connectivity index (χ3n) is 2.88. The number of methoxy groups -OCH3 is 1. The molecule has 0 spiro atoms. The zero-order chi connectivity index (χ0) is 10.7. The Bertz CT molecular complexity index is 266. The lowest BCUT2D eigenvalue weighted by atomic mass is 9.97. The van der Waals surface area contributed by atoms with Crippen LogP contribution in [0.4, 0.5) is 0 Å². The van der Waals surface area contributed by atoms with Crippen LogP contribution in [-0.4, -0.2) is 26.9 Å². The molecule has 0 saturated heterocycles. The molecule has 14 heavy (non-hydrogen) atoms. The molecule has 1 aliphatic rings. The van der Waals surface area contributed by atoms with E-state index in [0.29, 0.717) is 0 Å². The molecule has 1 saturated carbocycles. The molecule has 1 rings (SSSR count). The van der Waals surface area contributed by atoms with Crippen molar-refractivity contribution in [3.8, 4) is 0 Å². The lowest BCUT2D eigenvalue weighted by molar-refractivity contribution is -0.00300. The SMILES string of the molecule is COC1(CS(=O)(=O)Cl)CCCCCC1. The second-order valence-corrected chi connectivity index (χ2v) is 6.76. The molecular formula is C9H17ClO3S. The van der Waals surface area contributed by atoms with E-state index in [0.717, 1.165) is 38.5 Å². The topological polar surface area (TPSA) is 43.4 Å². The summed E-state index contributed by atoms with van der Waals surface area (Å²) in [7, 11) is 3.39. The van der Waals surface area contributed by atoms with Crippen molar-refractivity contribution in [1.82, 2.24) is 0 Å². The Labute approximate surface area is 90.2 Å². The maximum Gasteiger partial charge on any atom is 0.235 e. The van der Waals surface area contributed by atoms with Gasteiger partial charge in [0.25, 0.3) is 0 Å². The number of halogens is 1. The molecule has 0 aliphatic heterocycles. The molecule has 0 aromatic rings. The first-order valence-electron chi connectivity index (χ1n) is 4.95. The lowest BCUT2D eigenvalue weighted by Gasteiger charge is -2.29. The minimum absolute atomic E-state index is 0.0575. The third kappa shape index (κ3) is 3.75. The van der Waals surface area contributed by atoms with Crippen LogP contribution in [0.1, 0.15) is 38.5 Å². The van der Waals surface area contributed by atoms with Gasteiger partial charge in [-0.2, -0.15) is 0 Å². The molecule has 1 aliphatic carbocycles. The minimum Gasteiger partial charge on any atom is -0.377 e. The van der Waals surface area contributed by atoms with Crippen molar-refractivity contribution in [3.63, 3.8) is 0 Å². The molecular weight excluding hydrogens is 224 g/mol. The van der Waals surface area contributed by atoms with Crippen molar-refractivity contribution in [3.05, 3.63) is 0 Å². The van der Waals surface area contributed by atoms with E-state index in [1.807, 2.05) is 0 Å². The van der Waals surface area contributed by atoms with Gasteiger partial charge in [-0.1, -0.05) is 25.7 Å². The number of hydrogen-bond acceptors (Lipinski definition) is 3. The Morgan fingerprint density at radius 1 is 1.21 bits per heavy atom. The summed E-state index contributed by atoms with van der Waals surface area (Å²) in [6.45, 7) is 0. The van der Waals surface area contributed by atoms with E-state index in [-0.39, 0.29) is 5.75 Å². The van der Waals surface area contributed by atoms with Gasteiger partial charge in [0, 0.05) is 17.8 Å². The molecule has 0 bridgehead atoms. The second kappa shape index (κ2) is 4.81. The van der Waals surface area contributed by atoms with Crippen molar-refractivity contribution in [2.45, 2.75) is 44.1 Å². The molecule has 1 fully saturated rings. The highest BCUT2D eigenvalue weighted by Crippen LogP contribution is 2.31. The Hall–Kier alpha value is 0.200. The Morgan fingerprint density at radius 2 is 1.71 bits per heavy atom. The van der Waals surface area contributed by atoms with Crippen molar-refractivity contribution in [2.75, 3.05) is 12.9 Å². The molecule has 0 amide bonds. The van der Waals surface area contributed by atoms with Gasteiger partial charge < -0.3 is 4.74 Å². The zero-order valence-corrected chi connectivity index (χ0v) is 10.0. The highest BCUT2D eigenvalue weighted by molar-refractivity contribution is 8.13. The van der Waals surface area contributed by atoms with Crippen LogP contribution in [0.2, 0.25) is 0 Å². The van der Waals surface area contributed by atoms with E-state index in [4.69, 9.17) is 15.4 Å². The van der Waals surface area contributed by atoms with Crippen LogP contribution in [0.15, 0.2) is 0 Å². The summed E-state index contributed by atoms with van der Waals surface area (Å²) in [5.74, 6) is -0.0575. The molecule has 5 heteroatoms. The summed E-state index contributed by atoms with van der Waals surface area (Å²) in [6, 6.07) is 0. The van der Waals surface area contributed by atoms with Crippen molar-refractivity contribution >= 4 is 19.7 Å². The van der Waals surface area contributed by atoms with Gasteiger partial charge in [0.15, 0.2) is 0 Å². The zero-order valence-electron chi connectivity index (χ0n) is 8.46. The first-order chi connectivity index (χ1) is 6.47. The fraction of sp³-hybridized carbons (Fsp3) is 1.00. The van der Waals surface area contributed by atoms with Crippen LogP contribution in [0, 0.1) is 0 Å². The summed E-state index contributed by atoms with van der Waals surface area (Å²) < 4.78 is 27.5. The molecule has 0 atom stereocenters. The van der Waals surface area contributed by atoms with Crippen LogP contribution < -0.4 is 0 Å². The van der Waals surface area contributed by atoms with Crippen LogP contribution in [0.25, 0.3) is 0 Å². The van der Waals surface area contributed by atoms with Gasteiger partial charge in [0.2, 0.25) is 9.05 Å². The fourth-order valence-corrected chi connectivity index (χ4v) is 3.73. The second-order valence-electron chi connectivity index (χ2n) is 3.98. The van der Waals surface area contributed by atoms with E-state index in [1.54, 1.807) is 7.11 Å². The summed E-state index contributed by atoms with van der Waals surface area (Å²) in [6.07, 6.45) is 5.98. The van der Waals surface area contributed by atoms with E-state index in [2.05, 4.69) is 0 Å². The van der Waals surface area contributed by atoms with E-state index < -0.39 is 14.7 Å². The van der Waals surface area contributed by atoms with Crippen LogP contribution in [0.5, 0.6) is 0 Å². The van der Waals surface area contributed by atoms with E-state index in [1.165, 1.54) is 0 Å². The quantitative estimate of drug-likeness (QED) is 0.562. The number of rotatable bonds is 3. The third-order valence-corrected chi connectivity index (χ3v) is 4.08. The maximum absolute atomic E-state index is 11.1. The van der Waals surface area contributed by atoms with Crippen molar-refractivity contribution in [2.24, 2.45) is 0 Å². The molecule has 0 radical (unpaired) electrons. The van der Waals surface area contributed by atoms with Crippen LogP contribution in [-0.2, 0) is 13.8 Å². The van der Waals surface area contributed by atoms with E-state index in [9.17, 15) is 8.42 Å². The minimum atomic E-state index is -3.46. The first kappa shape index (κ1) is 12.3. The average molecular weight is 241 g/mol.